The van der Waals surface area contributed by atoms with Crippen molar-refractivity contribution in [3.63, 3.8) is 0 Å². The van der Waals surface area contributed by atoms with E-state index < -0.39 is 4.92 Å². The molecule has 0 amide bonds. The number of H-pyrrole nitrogens is 1. The van der Waals surface area contributed by atoms with Crippen molar-refractivity contribution < 1.29 is 14.1 Å². The molecule has 2 aromatic heterocycles. The molecule has 0 bridgehead atoms. The van der Waals surface area contributed by atoms with Gasteiger partial charge in [0, 0.05) is 11.0 Å². The smallest absolute Gasteiger partial charge is 0.287 e. The summed E-state index contributed by atoms with van der Waals surface area (Å²) in [5, 5.41) is 10.5. The maximum Gasteiger partial charge on any atom is 0.287 e. The topological polar surface area (TPSA) is 89.1 Å². The Hall–Kier alpha value is -2.02. The zero-order chi connectivity index (χ0) is 13.1. The lowest BCUT2D eigenvalue weighted by Crippen LogP contribution is -2.02. The summed E-state index contributed by atoms with van der Waals surface area (Å²) >= 11 is 1.34. The van der Waals surface area contributed by atoms with Gasteiger partial charge in [-0.1, -0.05) is 0 Å². The summed E-state index contributed by atoms with van der Waals surface area (Å²) in [7, 11) is 0. The Kier molecular flexibility index (Phi) is 3.52. The van der Waals surface area contributed by atoms with E-state index in [9.17, 15) is 14.9 Å². The predicted octanol–water partition coefficient (Wildman–Crippen LogP) is 2.80. The normalized spacial score (nSPS) is 10.5. The van der Waals surface area contributed by atoms with Crippen molar-refractivity contribution in [2.24, 2.45) is 0 Å². The summed E-state index contributed by atoms with van der Waals surface area (Å²) in [6.45, 7) is 1.81. The number of ketones is 1. The van der Waals surface area contributed by atoms with Crippen LogP contribution in [-0.2, 0) is 0 Å². The van der Waals surface area contributed by atoms with Crippen LogP contribution in [0.5, 0.6) is 0 Å². The van der Waals surface area contributed by atoms with Crippen molar-refractivity contribution in [3.05, 3.63) is 46.2 Å². The first-order valence-corrected chi connectivity index (χ1v) is 6.09. The predicted molar refractivity (Wildman–Crippen MR) is 65.9 cm³/mol. The Morgan fingerprint density at radius 1 is 1.61 bits per heavy atom. The molecule has 0 aliphatic heterocycles. The number of furan rings is 1. The van der Waals surface area contributed by atoms with Gasteiger partial charge in [-0.2, -0.15) is 0 Å². The first-order chi connectivity index (χ1) is 8.58. The van der Waals surface area contributed by atoms with Crippen LogP contribution >= 0.6 is 11.8 Å². The van der Waals surface area contributed by atoms with Crippen LogP contribution in [0.1, 0.15) is 16.2 Å². The Morgan fingerprint density at radius 2 is 2.39 bits per heavy atom. The highest BCUT2D eigenvalue weighted by Crippen LogP contribution is 2.24. The number of nitro groups is 1. The number of thioether (sulfide) groups is 1. The molecule has 18 heavy (non-hydrogen) atoms. The van der Waals surface area contributed by atoms with Gasteiger partial charge in [0.05, 0.1) is 28.8 Å². The number of nitrogens with zero attached hydrogens (tertiary/aromatic N) is 1. The van der Waals surface area contributed by atoms with Gasteiger partial charge in [0.1, 0.15) is 5.76 Å². The van der Waals surface area contributed by atoms with E-state index in [2.05, 4.69) is 4.98 Å². The number of carbonyl (C=O) groups excluding carboxylic acids is 1. The average molecular weight is 266 g/mol. The first kappa shape index (κ1) is 12.4. The molecule has 0 fully saturated rings. The molecule has 0 aliphatic carbocycles. The fourth-order valence-corrected chi connectivity index (χ4v) is 2.24. The zero-order valence-electron chi connectivity index (χ0n) is 9.50. The van der Waals surface area contributed by atoms with Crippen molar-refractivity contribution >= 4 is 23.2 Å². The van der Waals surface area contributed by atoms with Crippen LogP contribution in [-0.4, -0.2) is 21.4 Å². The molecule has 2 heterocycles. The molecule has 0 spiro atoms. The number of carbonyl (C=O) groups is 1. The quantitative estimate of drug-likeness (QED) is 0.389. The van der Waals surface area contributed by atoms with Gasteiger partial charge in [0.2, 0.25) is 0 Å². The van der Waals surface area contributed by atoms with Crippen molar-refractivity contribution in [3.8, 4) is 0 Å². The molecule has 0 atom stereocenters. The number of nitrogens with one attached hydrogen (secondary N) is 1. The van der Waals surface area contributed by atoms with Crippen molar-refractivity contribution in [2.75, 3.05) is 5.75 Å². The van der Waals surface area contributed by atoms with Crippen LogP contribution in [0.15, 0.2) is 33.9 Å². The monoisotopic (exact) mass is 266 g/mol. The Balaban J connectivity index is 1.99. The summed E-state index contributed by atoms with van der Waals surface area (Å²) in [4.78, 5) is 25.2. The van der Waals surface area contributed by atoms with E-state index >= 15 is 0 Å². The second-order valence-electron chi connectivity index (χ2n) is 3.58. The fraction of sp³-hybridized carbons (Fsp3) is 0.182. The molecule has 0 radical (unpaired) electrons. The molecule has 0 saturated heterocycles. The molecular weight excluding hydrogens is 256 g/mol. The van der Waals surface area contributed by atoms with E-state index in [0.717, 1.165) is 10.7 Å². The van der Waals surface area contributed by atoms with Gasteiger partial charge in [-0.15, -0.1) is 11.8 Å². The second kappa shape index (κ2) is 5.09. The molecule has 94 valence electrons. The molecule has 0 saturated carbocycles. The number of rotatable bonds is 5. The lowest BCUT2D eigenvalue weighted by atomic mass is 10.3. The summed E-state index contributed by atoms with van der Waals surface area (Å²) in [5.74, 6) is 0.775. The third kappa shape index (κ3) is 2.62. The Morgan fingerprint density at radius 3 is 2.94 bits per heavy atom. The Labute approximate surface area is 107 Å². The minimum atomic E-state index is -0.541. The molecule has 6 nitrogen and oxygen atoms in total. The van der Waals surface area contributed by atoms with Crippen molar-refractivity contribution in [1.29, 1.82) is 0 Å². The summed E-state index contributed by atoms with van der Waals surface area (Å²) in [5.41, 5.74) is 0.137. The van der Waals surface area contributed by atoms with E-state index in [-0.39, 0.29) is 22.9 Å². The van der Waals surface area contributed by atoms with Crippen LogP contribution in [0.4, 0.5) is 5.69 Å². The molecule has 0 aromatic carbocycles. The number of aromatic amines is 1. The maximum absolute atomic E-state index is 11.8. The summed E-state index contributed by atoms with van der Waals surface area (Å²) in [6.07, 6.45) is 2.77. The molecule has 0 unspecified atom stereocenters. The lowest BCUT2D eigenvalue weighted by molar-refractivity contribution is -0.384. The van der Waals surface area contributed by atoms with Gasteiger partial charge in [-0.25, -0.2) is 0 Å². The highest BCUT2D eigenvalue weighted by molar-refractivity contribution is 8.00. The fourth-order valence-electron chi connectivity index (χ4n) is 1.39. The van der Waals surface area contributed by atoms with E-state index in [1.165, 1.54) is 24.0 Å². The number of aryl methyl sites for hydroxylation is 1. The van der Waals surface area contributed by atoms with Crippen LogP contribution in [0.2, 0.25) is 0 Å². The van der Waals surface area contributed by atoms with Gasteiger partial charge in [0.25, 0.3) is 5.69 Å². The highest BCUT2D eigenvalue weighted by Gasteiger charge is 2.15. The largest absolute Gasteiger partial charge is 0.468 e. The van der Waals surface area contributed by atoms with Crippen molar-refractivity contribution in [2.45, 2.75) is 11.8 Å². The molecule has 0 aliphatic rings. The van der Waals surface area contributed by atoms with E-state index in [1.807, 2.05) is 6.92 Å². The number of hydrogen-bond donors (Lipinski definition) is 1. The minimum Gasteiger partial charge on any atom is -0.468 e. The highest BCUT2D eigenvalue weighted by atomic mass is 32.2. The number of Topliss-reactive ketones (excluding diaryl/α,β-unsaturated/α-hetero) is 1. The molecule has 1 N–H and O–H groups in total. The van der Waals surface area contributed by atoms with Crippen LogP contribution in [0, 0.1) is 17.0 Å². The number of aromatic nitrogens is 1. The van der Waals surface area contributed by atoms with Crippen LogP contribution in [0.3, 0.4) is 0 Å². The number of hydrogen-bond acceptors (Lipinski definition) is 5. The molecular formula is C11H10N2O4S. The third-order valence-electron chi connectivity index (χ3n) is 2.35. The zero-order valence-corrected chi connectivity index (χ0v) is 10.3. The van der Waals surface area contributed by atoms with Gasteiger partial charge >= 0.3 is 0 Å². The van der Waals surface area contributed by atoms with E-state index in [1.54, 1.807) is 12.3 Å². The average Bonchev–Trinajstić information content (AvgIpc) is 2.94. The van der Waals surface area contributed by atoms with E-state index in [4.69, 9.17) is 4.42 Å². The van der Waals surface area contributed by atoms with Gasteiger partial charge in [-0.3, -0.25) is 14.9 Å². The maximum atomic E-state index is 11.8. The standard InChI is InChI=1S/C11H10N2O4S/c1-7-11(2-3-17-7)18-6-10(14)9-4-8(5-12-9)13(15)16/h2-5,12H,6H2,1H3. The van der Waals surface area contributed by atoms with Gasteiger partial charge in [-0.05, 0) is 13.0 Å². The third-order valence-corrected chi connectivity index (χ3v) is 3.49. The summed E-state index contributed by atoms with van der Waals surface area (Å²) < 4.78 is 5.11. The van der Waals surface area contributed by atoms with Crippen LogP contribution < -0.4 is 0 Å². The van der Waals surface area contributed by atoms with Crippen molar-refractivity contribution in [1.82, 2.24) is 4.98 Å². The van der Waals surface area contributed by atoms with E-state index in [0.29, 0.717) is 0 Å². The lowest BCUT2D eigenvalue weighted by Gasteiger charge is -1.97. The molecule has 2 rings (SSSR count). The molecule has 7 heteroatoms. The summed E-state index contributed by atoms with van der Waals surface area (Å²) in [6, 6.07) is 3.02. The van der Waals surface area contributed by atoms with Gasteiger partial charge < -0.3 is 9.40 Å². The second-order valence-corrected chi connectivity index (χ2v) is 4.60. The SMILES string of the molecule is Cc1occc1SCC(=O)c1cc([N+](=O)[O-])c[nH]1. The Bertz CT molecular complexity index is 587. The minimum absolute atomic E-state index is 0.108. The van der Waals surface area contributed by atoms with Crippen LogP contribution in [0.25, 0.3) is 0 Å². The van der Waals surface area contributed by atoms with Gasteiger partial charge in [0.15, 0.2) is 5.78 Å². The first-order valence-electron chi connectivity index (χ1n) is 5.11. The molecule has 2 aromatic rings.